The standard InChI is InChI=1S/C82H129N17O18S/c1-46(2)32-62(77(113)92-61(80(116)117)21-31-118-9)93-78(114)64(36-53-39-85-45-89-53)95-79(115)73(47(3)4)96-74(110)49(6)90-76(112)63(33-50-38-86-59-13-11-10-12-55(50)59)94-75(111)60(18-19-67(83)103)87-40-54(100)15-14-48(5)56-16-17-57-72-58(37-66(102)82(56,57)8)81(7)22-20-52(34-51(81)35-65(72)101)91-68(104)41-88-69(105)42-97-25-23-84-24-26-98(43-70(106)107)28-30-99(29-27-97)44-71(108)109/h10-13,38-39,45-49,51-52,56-58,60-66,72-73,84,86-87,101-102H,14-37,40-44H2,1-9H3,(H2,83,103)(H,85,89)(H,88,105)(H,90,112)(H,91,104)(H,92,113)(H,93,114)(H,94,111)(H,95,115)(H,96,110)(H,106,107)(H,108,109)(H,116,117)/t48-,49+,51?,52?,56-,57+,58+,60+,61+,62+,63+,64+,65?,66?,72+,73+,81+,82-/m1/s1. The van der Waals surface area contributed by atoms with Gasteiger partial charge in [0.25, 0.3) is 0 Å². The summed E-state index contributed by atoms with van der Waals surface area (Å²) < 4.78 is 0. The van der Waals surface area contributed by atoms with E-state index in [0.29, 0.717) is 101 Å². The number of para-hydroxylation sites is 1. The van der Waals surface area contributed by atoms with E-state index in [4.69, 9.17) is 5.73 Å². The van der Waals surface area contributed by atoms with E-state index in [9.17, 15) is 87.9 Å². The molecule has 0 spiro atoms. The summed E-state index contributed by atoms with van der Waals surface area (Å²) in [5.74, 6) is -9.83. The summed E-state index contributed by atoms with van der Waals surface area (Å²) in [5, 5.41) is 82.9. The smallest absolute Gasteiger partial charge is 0.326 e. The molecule has 5 aliphatic rings. The topological polar surface area (TPSA) is 524 Å². The molecule has 1 saturated heterocycles. The fourth-order valence-corrected chi connectivity index (χ4v) is 19.4. The van der Waals surface area contributed by atoms with E-state index in [1.165, 1.54) is 31.2 Å². The number of ketones is 1. The minimum atomic E-state index is -1.37. The minimum Gasteiger partial charge on any atom is -0.480 e. The Morgan fingerprint density at radius 2 is 1.25 bits per heavy atom. The predicted molar refractivity (Wildman–Crippen MR) is 441 cm³/mol. The van der Waals surface area contributed by atoms with Crippen LogP contribution >= 0.6 is 11.8 Å². The molecule has 8 rings (SSSR count). The number of nitrogens with zero attached hydrogens (tertiary/aromatic N) is 4. The van der Waals surface area contributed by atoms with Crippen LogP contribution in [0.4, 0.5) is 0 Å². The molecule has 0 bridgehead atoms. The van der Waals surface area contributed by atoms with Crippen molar-refractivity contribution in [3.05, 3.63) is 54.2 Å². The molecule has 4 aliphatic carbocycles. The maximum atomic E-state index is 14.7. The average molecular weight is 1670 g/mol. The normalized spacial score (nSPS) is 25.3. The number of aromatic nitrogens is 3. The highest BCUT2D eigenvalue weighted by Crippen LogP contribution is 2.68. The van der Waals surface area contributed by atoms with E-state index in [0.717, 1.165) is 30.2 Å². The molecule has 5 fully saturated rings. The zero-order valence-corrected chi connectivity index (χ0v) is 70.6. The Kier molecular flexibility index (Phi) is 35.8. The lowest BCUT2D eigenvalue weighted by atomic mass is 9.43. The molecule has 9 amide bonds. The van der Waals surface area contributed by atoms with E-state index < -0.39 is 125 Å². The first-order chi connectivity index (χ1) is 56.0. The Morgan fingerprint density at radius 1 is 0.636 bits per heavy atom. The third kappa shape index (κ3) is 26.7. The Bertz CT molecular complexity index is 3930. The first kappa shape index (κ1) is 94.8. The number of H-pyrrole nitrogens is 2. The number of carboxylic acid groups (broad SMARTS) is 3. The number of benzene rings is 1. The molecule has 36 heteroatoms. The van der Waals surface area contributed by atoms with Gasteiger partial charge in [0.2, 0.25) is 53.2 Å². The Balaban J connectivity index is 0.845. The molecule has 4 saturated carbocycles. The van der Waals surface area contributed by atoms with Crippen molar-refractivity contribution >= 4 is 99.5 Å². The molecule has 18 atom stereocenters. The lowest BCUT2D eigenvalue weighted by Crippen LogP contribution is -2.63. The second-order valence-electron chi connectivity index (χ2n) is 34.6. The number of aromatic amines is 2. The number of carbonyl (C=O) groups is 13. The number of nitrogens with one attached hydrogen (secondary N) is 12. The van der Waals surface area contributed by atoms with Crippen molar-refractivity contribution in [2.75, 3.05) is 97.1 Å². The Morgan fingerprint density at radius 3 is 1.89 bits per heavy atom. The van der Waals surface area contributed by atoms with Gasteiger partial charge in [-0.25, -0.2) is 9.78 Å². The van der Waals surface area contributed by atoms with E-state index in [-0.39, 0.29) is 148 Å². The van der Waals surface area contributed by atoms with Crippen LogP contribution < -0.4 is 58.9 Å². The van der Waals surface area contributed by atoms with Crippen molar-refractivity contribution in [3.8, 4) is 0 Å². The van der Waals surface area contributed by atoms with Gasteiger partial charge in [-0.3, -0.25) is 77.6 Å². The van der Waals surface area contributed by atoms with Crippen LogP contribution in [-0.4, -0.2) is 290 Å². The number of amides is 9. The second kappa shape index (κ2) is 44.6. The quantitative estimate of drug-likeness (QED) is 0.0361. The van der Waals surface area contributed by atoms with Crippen LogP contribution in [0.2, 0.25) is 0 Å². The SMILES string of the molecule is CSCC[C@H](NC(=O)[C@H](CC(C)C)NC(=O)[C@H](Cc1cnc[nH]1)NC(=O)[C@@H](NC(=O)[C@H](C)NC(=O)[C@H](Cc1c[nH]c2ccccc12)NC(=O)[C@H](CCC(N)=O)NCC(=O)CC[C@@H](C)[C@H]1CC[C@H]2[C@@H]3C(O)CC4CC(NC(=O)CNC(=O)CN5CCNCCN(CC(=O)O)CCN(CC(=O)O)CC5)CC[C@]4(C)[C@H]3CC(O)[C@]12C)C(C)C)C(=O)O. The molecule has 3 aromatic rings. The van der Waals surface area contributed by atoms with Crippen molar-refractivity contribution in [2.45, 2.75) is 212 Å². The van der Waals surface area contributed by atoms with Crippen molar-refractivity contribution in [2.24, 2.45) is 63.9 Å². The van der Waals surface area contributed by atoms with Crippen LogP contribution in [0.5, 0.6) is 0 Å². The second-order valence-corrected chi connectivity index (χ2v) is 35.6. The summed E-state index contributed by atoms with van der Waals surface area (Å²) in [7, 11) is 0. The number of hydrogen-bond acceptors (Lipinski definition) is 22. The third-order valence-electron chi connectivity index (χ3n) is 25.4. The number of primary amides is 1. The van der Waals surface area contributed by atoms with Gasteiger partial charge in [0, 0.05) is 113 Å². The summed E-state index contributed by atoms with van der Waals surface area (Å²) in [6.07, 6.45) is 9.83. The summed E-state index contributed by atoms with van der Waals surface area (Å²) in [4.78, 5) is 190. The van der Waals surface area contributed by atoms with E-state index >= 15 is 0 Å². The maximum Gasteiger partial charge on any atom is 0.326 e. The molecule has 4 unspecified atom stereocenters. The molecule has 1 aromatic carbocycles. The maximum absolute atomic E-state index is 14.7. The first-order valence-corrected chi connectivity index (χ1v) is 43.2. The number of carboxylic acids is 3. The van der Waals surface area contributed by atoms with E-state index in [1.54, 1.807) is 36.1 Å². The number of fused-ring (bicyclic) bond motifs is 6. The van der Waals surface area contributed by atoms with Gasteiger partial charge in [-0.1, -0.05) is 66.7 Å². The molecule has 2 aromatic heterocycles. The van der Waals surface area contributed by atoms with Crippen LogP contribution in [0, 0.1) is 58.2 Å². The van der Waals surface area contributed by atoms with Gasteiger partial charge in [-0.2, -0.15) is 11.8 Å². The summed E-state index contributed by atoms with van der Waals surface area (Å²) in [6.45, 7) is 17.2. The van der Waals surface area contributed by atoms with E-state index in [1.807, 2.05) is 43.0 Å². The molecular formula is C82H129N17O18S. The minimum absolute atomic E-state index is 0.00105. The highest BCUT2D eigenvalue weighted by molar-refractivity contribution is 7.98. The number of nitrogens with two attached hydrogens (primary N) is 1. The number of aliphatic carboxylic acids is 3. The fraction of sp³-hybridized carbons (Fsp3) is 0.707. The van der Waals surface area contributed by atoms with Crippen LogP contribution in [0.15, 0.2) is 43.0 Å². The molecule has 1 aliphatic heterocycles. The molecule has 3 heterocycles. The lowest BCUT2D eigenvalue weighted by Gasteiger charge is -2.63. The third-order valence-corrected chi connectivity index (χ3v) is 26.1. The molecular weight excluding hydrogens is 1540 g/mol. The van der Waals surface area contributed by atoms with Crippen molar-refractivity contribution in [1.82, 2.24) is 82.8 Å². The monoisotopic (exact) mass is 1670 g/mol. The number of Topliss-reactive ketones (excluding diaryl/α,β-unsaturated/α-hetero) is 1. The van der Waals surface area contributed by atoms with Gasteiger partial charge in [0.05, 0.1) is 57.3 Å². The first-order valence-electron chi connectivity index (χ1n) is 41.8. The van der Waals surface area contributed by atoms with Crippen molar-refractivity contribution < 1.29 is 87.9 Å². The molecule has 118 heavy (non-hydrogen) atoms. The van der Waals surface area contributed by atoms with Crippen LogP contribution in [0.25, 0.3) is 10.9 Å². The number of aliphatic hydroxyl groups excluding tert-OH is 2. The average Bonchev–Trinajstić information content (AvgIpc) is 1.40. The van der Waals surface area contributed by atoms with Crippen LogP contribution in [-0.2, 0) is 75.2 Å². The van der Waals surface area contributed by atoms with Gasteiger partial charge in [-0.05, 0) is 159 Å². The molecule has 35 nitrogen and oxygen atoms in total. The van der Waals surface area contributed by atoms with Gasteiger partial charge < -0.3 is 89.1 Å². The van der Waals surface area contributed by atoms with Crippen molar-refractivity contribution in [3.63, 3.8) is 0 Å². The summed E-state index contributed by atoms with van der Waals surface area (Å²) in [6, 6.07) is -1.87. The number of imidazole rings is 1. The van der Waals surface area contributed by atoms with Gasteiger partial charge in [0.15, 0.2) is 0 Å². The summed E-state index contributed by atoms with van der Waals surface area (Å²) in [5.41, 5.74) is 6.64. The largest absolute Gasteiger partial charge is 0.480 e. The number of carbonyl (C=O) groups excluding carboxylic acids is 10. The molecule has 656 valence electrons. The van der Waals surface area contributed by atoms with E-state index in [2.05, 4.69) is 88.9 Å². The zero-order valence-electron chi connectivity index (χ0n) is 69.8. The number of thioether (sulfide) groups is 1. The van der Waals surface area contributed by atoms with Crippen molar-refractivity contribution in [1.29, 1.82) is 0 Å². The number of aliphatic hydroxyl groups is 2. The Hall–Kier alpha value is -8.65. The number of hydrogen-bond donors (Lipinski definition) is 18. The lowest BCUT2D eigenvalue weighted by molar-refractivity contribution is -0.202. The molecule has 19 N–H and O–H groups in total. The zero-order chi connectivity index (χ0) is 86.3. The highest BCUT2D eigenvalue weighted by atomic mass is 32.2. The van der Waals surface area contributed by atoms with Crippen LogP contribution in [0.1, 0.15) is 150 Å². The summed E-state index contributed by atoms with van der Waals surface area (Å²) >= 11 is 1.41. The van der Waals surface area contributed by atoms with Gasteiger partial charge >= 0.3 is 17.9 Å². The highest BCUT2D eigenvalue weighted by Gasteiger charge is 2.66. The molecule has 0 radical (unpaired) electrons. The van der Waals surface area contributed by atoms with Crippen LogP contribution in [0.3, 0.4) is 0 Å². The van der Waals surface area contributed by atoms with Gasteiger partial charge in [-0.15, -0.1) is 0 Å². The number of rotatable bonds is 42. The Labute approximate surface area is 694 Å². The van der Waals surface area contributed by atoms with Gasteiger partial charge in [0.1, 0.15) is 42.0 Å². The fourth-order valence-electron chi connectivity index (χ4n) is 18.9. The predicted octanol–water partition coefficient (Wildman–Crippen LogP) is 0.234.